The summed E-state index contributed by atoms with van der Waals surface area (Å²) in [5, 5.41) is 8.55. The van der Waals surface area contributed by atoms with Crippen molar-refractivity contribution < 1.29 is 0 Å². The zero-order chi connectivity index (χ0) is 12.5. The Balaban J connectivity index is 2.11. The average Bonchev–Trinajstić information content (AvgIpc) is 3.00. The van der Waals surface area contributed by atoms with Crippen molar-refractivity contribution in [1.82, 2.24) is 19.7 Å². The molecule has 0 aromatic carbocycles. The van der Waals surface area contributed by atoms with Crippen LogP contribution >= 0.6 is 0 Å². The Hall–Kier alpha value is -1.85. The lowest BCUT2D eigenvalue weighted by molar-refractivity contribution is 0.782. The van der Waals surface area contributed by atoms with Gasteiger partial charge in [0.2, 0.25) is 5.95 Å². The number of nitrogens with zero attached hydrogens (tertiary/aromatic N) is 5. The minimum atomic E-state index is 0.819. The Labute approximate surface area is 106 Å². The van der Waals surface area contributed by atoms with Crippen LogP contribution in [-0.2, 0) is 7.05 Å². The molecule has 1 saturated heterocycles. The minimum absolute atomic E-state index is 0.819. The number of aromatic nitrogens is 4. The number of fused-ring (bicyclic) bond motifs is 1. The second kappa shape index (κ2) is 4.44. The topological polar surface area (TPSA) is 58.9 Å². The van der Waals surface area contributed by atoms with Gasteiger partial charge >= 0.3 is 0 Å². The quantitative estimate of drug-likeness (QED) is 0.887. The summed E-state index contributed by atoms with van der Waals surface area (Å²) >= 11 is 0. The molecule has 0 atom stereocenters. The summed E-state index contributed by atoms with van der Waals surface area (Å²) in [7, 11) is 1.92. The van der Waals surface area contributed by atoms with Crippen LogP contribution in [0.2, 0.25) is 0 Å². The maximum atomic E-state index is 4.64. The molecule has 96 valence electrons. The number of rotatable bonds is 3. The summed E-state index contributed by atoms with van der Waals surface area (Å²) in [5.41, 5.74) is 0.892. The lowest BCUT2D eigenvalue weighted by atomic mass is 10.4. The molecule has 1 N–H and O–H groups in total. The van der Waals surface area contributed by atoms with Crippen molar-refractivity contribution >= 4 is 22.8 Å². The van der Waals surface area contributed by atoms with Crippen LogP contribution < -0.4 is 10.2 Å². The van der Waals surface area contributed by atoms with E-state index in [0.29, 0.717) is 0 Å². The first-order valence-corrected chi connectivity index (χ1v) is 6.48. The van der Waals surface area contributed by atoms with Gasteiger partial charge in [-0.1, -0.05) is 0 Å². The molecule has 2 aromatic heterocycles. The highest BCUT2D eigenvalue weighted by molar-refractivity contribution is 5.87. The van der Waals surface area contributed by atoms with Crippen LogP contribution in [0.15, 0.2) is 6.20 Å². The Morgan fingerprint density at radius 3 is 2.78 bits per heavy atom. The van der Waals surface area contributed by atoms with E-state index in [1.807, 2.05) is 13.2 Å². The van der Waals surface area contributed by atoms with Gasteiger partial charge in [0.05, 0.1) is 11.6 Å². The van der Waals surface area contributed by atoms with Crippen LogP contribution in [0.4, 0.5) is 11.8 Å². The van der Waals surface area contributed by atoms with E-state index in [4.69, 9.17) is 0 Å². The average molecular weight is 246 g/mol. The van der Waals surface area contributed by atoms with Crippen LogP contribution in [0.25, 0.3) is 11.0 Å². The lowest BCUT2D eigenvalue weighted by Crippen LogP contribution is -2.21. The molecular formula is C12H18N6. The third kappa shape index (κ3) is 1.77. The van der Waals surface area contributed by atoms with Gasteiger partial charge in [-0.3, -0.25) is 4.68 Å². The predicted octanol–water partition coefficient (Wildman–Crippen LogP) is 1.40. The Morgan fingerprint density at radius 1 is 1.28 bits per heavy atom. The predicted molar refractivity (Wildman–Crippen MR) is 71.9 cm³/mol. The van der Waals surface area contributed by atoms with Crippen molar-refractivity contribution in [1.29, 1.82) is 0 Å². The summed E-state index contributed by atoms with van der Waals surface area (Å²) < 4.78 is 1.80. The first kappa shape index (κ1) is 11.3. The molecule has 0 amide bonds. The molecule has 0 unspecified atom stereocenters. The zero-order valence-electron chi connectivity index (χ0n) is 10.8. The first-order chi connectivity index (χ1) is 8.79. The van der Waals surface area contributed by atoms with E-state index in [2.05, 4.69) is 32.2 Å². The minimum Gasteiger partial charge on any atom is -0.370 e. The van der Waals surface area contributed by atoms with E-state index in [1.54, 1.807) is 4.68 Å². The fraction of sp³-hybridized carbons (Fsp3) is 0.583. The molecule has 0 saturated carbocycles. The van der Waals surface area contributed by atoms with Crippen molar-refractivity contribution in [2.24, 2.45) is 7.05 Å². The third-order valence-electron chi connectivity index (χ3n) is 3.31. The van der Waals surface area contributed by atoms with Crippen LogP contribution in [0.3, 0.4) is 0 Å². The maximum Gasteiger partial charge on any atom is 0.229 e. The smallest absolute Gasteiger partial charge is 0.229 e. The van der Waals surface area contributed by atoms with Crippen molar-refractivity contribution in [3.05, 3.63) is 6.20 Å². The van der Waals surface area contributed by atoms with Gasteiger partial charge in [0, 0.05) is 26.7 Å². The fourth-order valence-corrected chi connectivity index (χ4v) is 2.37. The standard InChI is InChI=1S/C12H18N6/c1-3-13-10-9-8-14-17(2)11(9)16-12(15-10)18-6-4-5-7-18/h8H,3-7H2,1-2H3,(H,13,15,16). The summed E-state index contributed by atoms with van der Waals surface area (Å²) in [6, 6.07) is 0. The van der Waals surface area contributed by atoms with Gasteiger partial charge in [-0.15, -0.1) is 0 Å². The molecule has 6 heteroatoms. The van der Waals surface area contributed by atoms with Crippen molar-refractivity contribution in [3.8, 4) is 0 Å². The van der Waals surface area contributed by atoms with E-state index < -0.39 is 0 Å². The number of hydrogen-bond acceptors (Lipinski definition) is 5. The fourth-order valence-electron chi connectivity index (χ4n) is 2.37. The van der Waals surface area contributed by atoms with Crippen LogP contribution in [-0.4, -0.2) is 39.4 Å². The van der Waals surface area contributed by atoms with Gasteiger partial charge in [-0.05, 0) is 19.8 Å². The summed E-state index contributed by atoms with van der Waals surface area (Å²) in [4.78, 5) is 11.5. The molecule has 1 aliphatic rings. The second-order valence-corrected chi connectivity index (χ2v) is 4.60. The van der Waals surface area contributed by atoms with E-state index in [0.717, 1.165) is 42.4 Å². The zero-order valence-corrected chi connectivity index (χ0v) is 10.8. The Kier molecular flexibility index (Phi) is 2.77. The highest BCUT2D eigenvalue weighted by Crippen LogP contribution is 2.24. The Morgan fingerprint density at radius 2 is 2.06 bits per heavy atom. The molecule has 6 nitrogen and oxygen atoms in total. The number of nitrogens with one attached hydrogen (secondary N) is 1. The Bertz CT molecular complexity index is 555. The van der Waals surface area contributed by atoms with Gasteiger partial charge in [-0.2, -0.15) is 15.1 Å². The highest BCUT2D eigenvalue weighted by atomic mass is 15.3. The van der Waals surface area contributed by atoms with Crippen LogP contribution in [0.1, 0.15) is 19.8 Å². The summed E-state index contributed by atoms with van der Waals surface area (Å²) in [6.45, 7) is 5.02. The van der Waals surface area contributed by atoms with Crippen LogP contribution in [0, 0.1) is 0 Å². The molecule has 3 heterocycles. The van der Waals surface area contributed by atoms with Gasteiger partial charge in [0.25, 0.3) is 0 Å². The highest BCUT2D eigenvalue weighted by Gasteiger charge is 2.18. The van der Waals surface area contributed by atoms with E-state index in [1.165, 1.54) is 12.8 Å². The molecule has 1 aliphatic heterocycles. The summed E-state index contributed by atoms with van der Waals surface area (Å²) in [5.74, 6) is 1.71. The van der Waals surface area contributed by atoms with Gasteiger partial charge < -0.3 is 10.2 Å². The van der Waals surface area contributed by atoms with Crippen molar-refractivity contribution in [3.63, 3.8) is 0 Å². The van der Waals surface area contributed by atoms with E-state index in [9.17, 15) is 0 Å². The monoisotopic (exact) mass is 246 g/mol. The van der Waals surface area contributed by atoms with Crippen molar-refractivity contribution in [2.45, 2.75) is 19.8 Å². The molecule has 0 aliphatic carbocycles. The molecule has 3 rings (SSSR count). The SMILES string of the molecule is CCNc1nc(N2CCCC2)nc2c1cnn2C. The van der Waals surface area contributed by atoms with Gasteiger partial charge in [0.15, 0.2) is 5.65 Å². The third-order valence-corrected chi connectivity index (χ3v) is 3.31. The molecule has 1 fully saturated rings. The van der Waals surface area contributed by atoms with Gasteiger partial charge in [-0.25, -0.2) is 0 Å². The number of aryl methyl sites for hydroxylation is 1. The van der Waals surface area contributed by atoms with Gasteiger partial charge in [0.1, 0.15) is 5.82 Å². The number of hydrogen-bond donors (Lipinski definition) is 1. The first-order valence-electron chi connectivity index (χ1n) is 6.48. The molecule has 0 radical (unpaired) electrons. The largest absolute Gasteiger partial charge is 0.370 e. The molecule has 0 bridgehead atoms. The molecule has 18 heavy (non-hydrogen) atoms. The second-order valence-electron chi connectivity index (χ2n) is 4.60. The summed E-state index contributed by atoms with van der Waals surface area (Å²) in [6.07, 6.45) is 4.27. The maximum absolute atomic E-state index is 4.64. The van der Waals surface area contributed by atoms with E-state index >= 15 is 0 Å². The lowest BCUT2D eigenvalue weighted by Gasteiger charge is -2.16. The van der Waals surface area contributed by atoms with Crippen molar-refractivity contribution in [2.75, 3.05) is 29.9 Å². The van der Waals surface area contributed by atoms with Crippen LogP contribution in [0.5, 0.6) is 0 Å². The van der Waals surface area contributed by atoms with E-state index in [-0.39, 0.29) is 0 Å². The molecule has 2 aromatic rings. The molecular weight excluding hydrogens is 228 g/mol. The normalized spacial score (nSPS) is 15.6. The number of anilines is 2. The molecule has 0 spiro atoms.